The molecule has 1 unspecified atom stereocenters. The summed E-state index contributed by atoms with van der Waals surface area (Å²) in [6, 6.07) is -0.0729. The van der Waals surface area contributed by atoms with Crippen molar-refractivity contribution < 1.29 is 9.90 Å². The topological polar surface area (TPSA) is 49.3 Å². The third-order valence-corrected chi connectivity index (χ3v) is 1.67. The van der Waals surface area contributed by atoms with Crippen LogP contribution < -0.4 is 5.32 Å². The molecule has 3 heteroatoms. The fourth-order valence-corrected chi connectivity index (χ4v) is 0.934. The first-order valence-corrected chi connectivity index (χ1v) is 4.50. The molecule has 2 N–H and O–H groups in total. The molecule has 12 heavy (non-hydrogen) atoms. The van der Waals surface area contributed by atoms with Gasteiger partial charge in [0.1, 0.15) is 0 Å². The SMILES string of the molecule is CCC(CO)NC(=O)CC(C)C. The molecule has 0 aliphatic carbocycles. The maximum absolute atomic E-state index is 11.2. The van der Waals surface area contributed by atoms with E-state index in [0.29, 0.717) is 12.3 Å². The van der Waals surface area contributed by atoms with Gasteiger partial charge in [0.2, 0.25) is 5.91 Å². The Labute approximate surface area is 74.2 Å². The molecule has 0 aliphatic heterocycles. The second kappa shape index (κ2) is 6.00. The van der Waals surface area contributed by atoms with Crippen molar-refractivity contribution in [3.63, 3.8) is 0 Å². The van der Waals surface area contributed by atoms with Gasteiger partial charge in [0.25, 0.3) is 0 Å². The number of rotatable bonds is 5. The van der Waals surface area contributed by atoms with Crippen LogP contribution in [0.25, 0.3) is 0 Å². The van der Waals surface area contributed by atoms with Crippen molar-refractivity contribution in [1.82, 2.24) is 5.32 Å². The van der Waals surface area contributed by atoms with Crippen LogP contribution in [0.1, 0.15) is 33.6 Å². The first-order chi connectivity index (χ1) is 5.60. The van der Waals surface area contributed by atoms with Crippen LogP contribution in [-0.4, -0.2) is 23.7 Å². The van der Waals surface area contributed by atoms with Crippen molar-refractivity contribution >= 4 is 5.91 Å². The van der Waals surface area contributed by atoms with Gasteiger partial charge in [-0.25, -0.2) is 0 Å². The van der Waals surface area contributed by atoms with E-state index in [1.807, 2.05) is 20.8 Å². The predicted molar refractivity (Wildman–Crippen MR) is 48.8 cm³/mol. The number of carbonyl (C=O) groups excluding carboxylic acids is 1. The van der Waals surface area contributed by atoms with E-state index in [0.717, 1.165) is 6.42 Å². The van der Waals surface area contributed by atoms with Crippen molar-refractivity contribution in [1.29, 1.82) is 0 Å². The summed E-state index contributed by atoms with van der Waals surface area (Å²) in [6.45, 7) is 5.97. The van der Waals surface area contributed by atoms with E-state index < -0.39 is 0 Å². The van der Waals surface area contributed by atoms with E-state index in [1.165, 1.54) is 0 Å². The number of aliphatic hydroxyl groups excluding tert-OH is 1. The highest BCUT2D eigenvalue weighted by Crippen LogP contribution is 1.99. The minimum absolute atomic E-state index is 0.0281. The maximum atomic E-state index is 11.2. The fourth-order valence-electron chi connectivity index (χ4n) is 0.934. The first-order valence-electron chi connectivity index (χ1n) is 4.50. The number of hydrogen-bond donors (Lipinski definition) is 2. The molecule has 0 aromatic carbocycles. The van der Waals surface area contributed by atoms with Crippen LogP contribution in [0.4, 0.5) is 0 Å². The lowest BCUT2D eigenvalue weighted by atomic mass is 10.1. The van der Waals surface area contributed by atoms with E-state index in [4.69, 9.17) is 5.11 Å². The minimum Gasteiger partial charge on any atom is -0.394 e. The molecule has 0 rings (SSSR count). The zero-order chi connectivity index (χ0) is 9.56. The highest BCUT2D eigenvalue weighted by molar-refractivity contribution is 5.76. The van der Waals surface area contributed by atoms with Crippen molar-refractivity contribution in [3.05, 3.63) is 0 Å². The van der Waals surface area contributed by atoms with Crippen molar-refractivity contribution in [3.8, 4) is 0 Å². The van der Waals surface area contributed by atoms with Gasteiger partial charge in [0.05, 0.1) is 12.6 Å². The molecule has 0 aromatic heterocycles. The molecule has 0 saturated carbocycles. The highest BCUT2D eigenvalue weighted by Gasteiger charge is 2.09. The van der Waals surface area contributed by atoms with Crippen molar-refractivity contribution in [2.75, 3.05) is 6.61 Å². The summed E-state index contributed by atoms with van der Waals surface area (Å²) in [6.07, 6.45) is 1.32. The molecular weight excluding hydrogens is 154 g/mol. The molecule has 1 atom stereocenters. The van der Waals surface area contributed by atoms with E-state index in [9.17, 15) is 4.79 Å². The van der Waals surface area contributed by atoms with E-state index in [2.05, 4.69) is 5.32 Å². The second-order valence-corrected chi connectivity index (χ2v) is 3.45. The van der Waals surface area contributed by atoms with Crippen LogP contribution in [0.2, 0.25) is 0 Å². The van der Waals surface area contributed by atoms with Crippen LogP contribution in [0, 0.1) is 5.92 Å². The fraction of sp³-hybridized carbons (Fsp3) is 0.889. The van der Waals surface area contributed by atoms with Gasteiger partial charge in [-0.2, -0.15) is 0 Å². The lowest BCUT2D eigenvalue weighted by Gasteiger charge is -2.14. The van der Waals surface area contributed by atoms with Crippen LogP contribution >= 0.6 is 0 Å². The lowest BCUT2D eigenvalue weighted by Crippen LogP contribution is -2.37. The quantitative estimate of drug-likeness (QED) is 0.649. The summed E-state index contributed by atoms with van der Waals surface area (Å²) in [4.78, 5) is 11.2. The smallest absolute Gasteiger partial charge is 0.220 e. The molecule has 0 aromatic rings. The van der Waals surface area contributed by atoms with Gasteiger partial charge < -0.3 is 10.4 Å². The summed E-state index contributed by atoms with van der Waals surface area (Å²) >= 11 is 0. The predicted octanol–water partition coefficient (Wildman–Crippen LogP) is 0.920. The van der Waals surface area contributed by atoms with Gasteiger partial charge in [-0.15, -0.1) is 0 Å². The molecule has 72 valence electrons. The number of amides is 1. The summed E-state index contributed by atoms with van der Waals surface area (Å²) in [5.74, 6) is 0.409. The Kier molecular flexibility index (Phi) is 5.72. The molecule has 3 nitrogen and oxygen atoms in total. The minimum atomic E-state index is -0.0729. The molecule has 0 spiro atoms. The van der Waals surface area contributed by atoms with Gasteiger partial charge in [-0.1, -0.05) is 20.8 Å². The van der Waals surface area contributed by atoms with Gasteiger partial charge >= 0.3 is 0 Å². The zero-order valence-corrected chi connectivity index (χ0v) is 8.13. The van der Waals surface area contributed by atoms with E-state index >= 15 is 0 Å². The Morgan fingerprint density at radius 1 is 1.50 bits per heavy atom. The molecule has 0 aliphatic rings. The monoisotopic (exact) mass is 173 g/mol. The van der Waals surface area contributed by atoms with Crippen LogP contribution in [0.5, 0.6) is 0 Å². The van der Waals surface area contributed by atoms with Gasteiger partial charge in [-0.05, 0) is 12.3 Å². The highest BCUT2D eigenvalue weighted by atomic mass is 16.3. The van der Waals surface area contributed by atoms with Crippen molar-refractivity contribution in [2.24, 2.45) is 5.92 Å². The molecule has 0 fully saturated rings. The zero-order valence-electron chi connectivity index (χ0n) is 8.13. The van der Waals surface area contributed by atoms with Crippen LogP contribution in [0.15, 0.2) is 0 Å². The molecule has 0 radical (unpaired) electrons. The molecule has 1 amide bonds. The average molecular weight is 173 g/mol. The number of hydrogen-bond acceptors (Lipinski definition) is 2. The third-order valence-electron chi connectivity index (χ3n) is 1.67. The van der Waals surface area contributed by atoms with Gasteiger partial charge in [0.15, 0.2) is 0 Å². The van der Waals surface area contributed by atoms with Gasteiger partial charge in [0, 0.05) is 6.42 Å². The maximum Gasteiger partial charge on any atom is 0.220 e. The standard InChI is InChI=1S/C9H19NO2/c1-4-8(6-11)10-9(12)5-7(2)3/h7-8,11H,4-6H2,1-3H3,(H,10,12). The second-order valence-electron chi connectivity index (χ2n) is 3.45. The van der Waals surface area contributed by atoms with E-state index in [1.54, 1.807) is 0 Å². The number of nitrogens with one attached hydrogen (secondary N) is 1. The average Bonchev–Trinajstić information content (AvgIpc) is 1.98. The Hall–Kier alpha value is -0.570. The number of aliphatic hydroxyl groups is 1. The Bertz CT molecular complexity index is 130. The Morgan fingerprint density at radius 2 is 2.08 bits per heavy atom. The number of carbonyl (C=O) groups is 1. The first kappa shape index (κ1) is 11.4. The molecular formula is C9H19NO2. The third kappa shape index (κ3) is 5.13. The van der Waals surface area contributed by atoms with Crippen molar-refractivity contribution in [2.45, 2.75) is 39.7 Å². The molecule has 0 bridgehead atoms. The summed E-state index contributed by atoms with van der Waals surface area (Å²) in [5, 5.41) is 11.6. The van der Waals surface area contributed by atoms with Gasteiger partial charge in [-0.3, -0.25) is 4.79 Å². The Balaban J connectivity index is 3.66. The summed E-state index contributed by atoms with van der Waals surface area (Å²) < 4.78 is 0. The summed E-state index contributed by atoms with van der Waals surface area (Å²) in [5.41, 5.74) is 0. The molecule has 0 heterocycles. The lowest BCUT2D eigenvalue weighted by molar-refractivity contribution is -0.122. The molecule has 0 saturated heterocycles. The normalized spacial score (nSPS) is 13.1. The van der Waals surface area contributed by atoms with Crippen LogP contribution in [0.3, 0.4) is 0 Å². The summed E-state index contributed by atoms with van der Waals surface area (Å²) in [7, 11) is 0. The van der Waals surface area contributed by atoms with Crippen LogP contribution in [-0.2, 0) is 4.79 Å². The van der Waals surface area contributed by atoms with E-state index in [-0.39, 0.29) is 18.6 Å². The Morgan fingerprint density at radius 3 is 2.42 bits per heavy atom. The largest absolute Gasteiger partial charge is 0.394 e.